The average molecular weight is 230 g/mol. The van der Waals surface area contributed by atoms with Crippen molar-refractivity contribution in [3.63, 3.8) is 0 Å². The quantitative estimate of drug-likeness (QED) is 0.739. The van der Waals surface area contributed by atoms with Crippen LogP contribution in [0.25, 0.3) is 11.3 Å². The van der Waals surface area contributed by atoms with Crippen molar-refractivity contribution in [3.05, 3.63) is 41.9 Å². The van der Waals surface area contributed by atoms with Gasteiger partial charge in [-0.15, -0.1) is 11.8 Å². The Morgan fingerprint density at radius 3 is 2.50 bits per heavy atom. The van der Waals surface area contributed by atoms with E-state index in [9.17, 15) is 0 Å². The first kappa shape index (κ1) is 11.1. The summed E-state index contributed by atoms with van der Waals surface area (Å²) in [5.41, 5.74) is 4.09. The van der Waals surface area contributed by atoms with Crippen LogP contribution in [0, 0.1) is 13.8 Å². The van der Waals surface area contributed by atoms with Gasteiger partial charge >= 0.3 is 0 Å². The van der Waals surface area contributed by atoms with E-state index >= 15 is 0 Å². The molecule has 0 aliphatic rings. The zero-order chi connectivity index (χ0) is 11.5. The van der Waals surface area contributed by atoms with E-state index < -0.39 is 0 Å². The van der Waals surface area contributed by atoms with E-state index in [2.05, 4.69) is 28.4 Å². The van der Waals surface area contributed by atoms with Gasteiger partial charge in [-0.25, -0.2) is 4.98 Å². The molecule has 16 heavy (non-hydrogen) atoms. The maximum absolute atomic E-state index is 4.58. The highest BCUT2D eigenvalue weighted by Crippen LogP contribution is 2.28. The Kier molecular flexibility index (Phi) is 3.25. The molecule has 0 spiro atoms. The fourth-order valence-electron chi connectivity index (χ4n) is 1.53. The summed E-state index contributed by atoms with van der Waals surface area (Å²) < 4.78 is 0. The van der Waals surface area contributed by atoms with Crippen LogP contribution in [0.15, 0.2) is 35.4 Å². The Hall–Kier alpha value is -1.35. The predicted octanol–water partition coefficient (Wildman–Crippen LogP) is 3.48. The SMILES string of the molecule is CSc1ccccc1-c1cnc(C)c(C)n1. The van der Waals surface area contributed by atoms with Crippen LogP contribution >= 0.6 is 11.8 Å². The van der Waals surface area contributed by atoms with Crippen LogP contribution < -0.4 is 0 Å². The first-order valence-corrected chi connectivity index (χ1v) is 6.38. The summed E-state index contributed by atoms with van der Waals surface area (Å²) in [5, 5.41) is 0. The van der Waals surface area contributed by atoms with Gasteiger partial charge in [-0.3, -0.25) is 4.98 Å². The van der Waals surface area contributed by atoms with E-state index in [-0.39, 0.29) is 0 Å². The van der Waals surface area contributed by atoms with E-state index in [4.69, 9.17) is 0 Å². The molecule has 0 bridgehead atoms. The number of thioether (sulfide) groups is 1. The van der Waals surface area contributed by atoms with Crippen LogP contribution in [0.2, 0.25) is 0 Å². The van der Waals surface area contributed by atoms with Crippen molar-refractivity contribution < 1.29 is 0 Å². The van der Waals surface area contributed by atoms with Gasteiger partial charge in [0.2, 0.25) is 0 Å². The van der Waals surface area contributed by atoms with Crippen molar-refractivity contribution in [1.29, 1.82) is 0 Å². The Morgan fingerprint density at radius 2 is 1.81 bits per heavy atom. The van der Waals surface area contributed by atoms with Crippen LogP contribution in [-0.4, -0.2) is 16.2 Å². The highest BCUT2D eigenvalue weighted by atomic mass is 32.2. The van der Waals surface area contributed by atoms with Crippen molar-refractivity contribution in [2.24, 2.45) is 0 Å². The lowest BCUT2D eigenvalue weighted by Crippen LogP contribution is -1.94. The number of aryl methyl sites for hydroxylation is 2. The molecule has 2 aromatic rings. The van der Waals surface area contributed by atoms with Gasteiger partial charge in [-0.2, -0.15) is 0 Å². The number of aromatic nitrogens is 2. The molecule has 0 aliphatic carbocycles. The molecule has 1 heterocycles. The van der Waals surface area contributed by atoms with Gasteiger partial charge < -0.3 is 0 Å². The number of hydrogen-bond acceptors (Lipinski definition) is 3. The smallest absolute Gasteiger partial charge is 0.0899 e. The summed E-state index contributed by atoms with van der Waals surface area (Å²) in [4.78, 5) is 10.2. The summed E-state index contributed by atoms with van der Waals surface area (Å²) in [6, 6.07) is 8.28. The maximum Gasteiger partial charge on any atom is 0.0899 e. The second kappa shape index (κ2) is 4.66. The minimum absolute atomic E-state index is 0.952. The van der Waals surface area contributed by atoms with Gasteiger partial charge in [0.1, 0.15) is 0 Å². The van der Waals surface area contributed by atoms with Gasteiger partial charge in [-0.1, -0.05) is 18.2 Å². The van der Waals surface area contributed by atoms with E-state index in [1.165, 1.54) is 4.90 Å². The topological polar surface area (TPSA) is 25.8 Å². The predicted molar refractivity (Wildman–Crippen MR) is 68.7 cm³/mol. The largest absolute Gasteiger partial charge is 0.257 e. The Bertz CT molecular complexity index is 509. The van der Waals surface area contributed by atoms with Crippen LogP contribution in [-0.2, 0) is 0 Å². The normalized spacial score (nSPS) is 10.4. The van der Waals surface area contributed by atoms with Crippen LogP contribution in [0.4, 0.5) is 0 Å². The molecule has 0 radical (unpaired) electrons. The fraction of sp³-hybridized carbons (Fsp3) is 0.231. The molecule has 0 amide bonds. The molecule has 0 fully saturated rings. The maximum atomic E-state index is 4.58. The van der Waals surface area contributed by atoms with Gasteiger partial charge in [0.15, 0.2) is 0 Å². The third-order valence-electron chi connectivity index (χ3n) is 2.58. The van der Waals surface area contributed by atoms with Gasteiger partial charge in [0.25, 0.3) is 0 Å². The minimum atomic E-state index is 0.952. The highest BCUT2D eigenvalue weighted by Gasteiger charge is 2.06. The fourth-order valence-corrected chi connectivity index (χ4v) is 2.14. The van der Waals surface area contributed by atoms with E-state index in [0.29, 0.717) is 0 Å². The molecule has 2 nitrogen and oxygen atoms in total. The lowest BCUT2D eigenvalue weighted by Gasteiger charge is -2.07. The van der Waals surface area contributed by atoms with Gasteiger partial charge in [0.05, 0.1) is 23.3 Å². The molecule has 3 heteroatoms. The summed E-state index contributed by atoms with van der Waals surface area (Å²) in [5.74, 6) is 0. The molecule has 2 rings (SSSR count). The number of nitrogens with zero attached hydrogens (tertiary/aromatic N) is 2. The Labute approximate surface area is 100 Å². The molecule has 0 atom stereocenters. The Morgan fingerprint density at radius 1 is 1.06 bits per heavy atom. The lowest BCUT2D eigenvalue weighted by molar-refractivity contribution is 1.05. The molecular formula is C13H14N2S. The van der Waals surface area contributed by atoms with Crippen molar-refractivity contribution >= 4 is 11.8 Å². The van der Waals surface area contributed by atoms with E-state index in [0.717, 1.165) is 22.6 Å². The number of rotatable bonds is 2. The third kappa shape index (κ3) is 2.09. The monoisotopic (exact) mass is 230 g/mol. The van der Waals surface area contributed by atoms with Crippen LogP contribution in [0.5, 0.6) is 0 Å². The summed E-state index contributed by atoms with van der Waals surface area (Å²) in [7, 11) is 0. The first-order chi connectivity index (χ1) is 7.72. The molecule has 0 saturated heterocycles. The second-order valence-corrected chi connectivity index (χ2v) is 4.47. The summed E-state index contributed by atoms with van der Waals surface area (Å²) >= 11 is 1.73. The van der Waals surface area contributed by atoms with E-state index in [1.54, 1.807) is 11.8 Å². The zero-order valence-corrected chi connectivity index (χ0v) is 10.5. The van der Waals surface area contributed by atoms with Gasteiger partial charge in [0, 0.05) is 10.5 Å². The van der Waals surface area contributed by atoms with E-state index in [1.807, 2.05) is 32.2 Å². The molecule has 0 N–H and O–H groups in total. The molecule has 82 valence electrons. The van der Waals surface area contributed by atoms with Crippen molar-refractivity contribution in [3.8, 4) is 11.3 Å². The number of benzene rings is 1. The molecule has 0 saturated carbocycles. The van der Waals surface area contributed by atoms with Crippen molar-refractivity contribution in [2.45, 2.75) is 18.7 Å². The third-order valence-corrected chi connectivity index (χ3v) is 3.37. The molecule has 0 unspecified atom stereocenters. The van der Waals surface area contributed by atoms with Crippen LogP contribution in [0.1, 0.15) is 11.4 Å². The highest BCUT2D eigenvalue weighted by molar-refractivity contribution is 7.98. The van der Waals surface area contributed by atoms with Gasteiger partial charge in [-0.05, 0) is 26.2 Å². The molecule has 1 aromatic carbocycles. The second-order valence-electron chi connectivity index (χ2n) is 3.63. The standard InChI is InChI=1S/C13H14N2S/c1-9-10(2)15-12(8-14-9)11-6-4-5-7-13(11)16-3/h4-8H,1-3H3. The zero-order valence-electron chi connectivity index (χ0n) is 9.69. The molecule has 0 aliphatic heterocycles. The summed E-state index contributed by atoms with van der Waals surface area (Å²) in [6.07, 6.45) is 3.92. The minimum Gasteiger partial charge on any atom is -0.257 e. The number of hydrogen-bond donors (Lipinski definition) is 0. The average Bonchev–Trinajstić information content (AvgIpc) is 2.32. The van der Waals surface area contributed by atoms with Crippen molar-refractivity contribution in [1.82, 2.24) is 9.97 Å². The van der Waals surface area contributed by atoms with Crippen molar-refractivity contribution in [2.75, 3.05) is 6.26 Å². The lowest BCUT2D eigenvalue weighted by atomic mass is 10.1. The first-order valence-electron chi connectivity index (χ1n) is 5.16. The Balaban J connectivity index is 2.54. The molecular weight excluding hydrogens is 216 g/mol. The molecule has 1 aromatic heterocycles. The summed E-state index contributed by atoms with van der Waals surface area (Å²) in [6.45, 7) is 3.97. The van der Waals surface area contributed by atoms with Crippen LogP contribution in [0.3, 0.4) is 0 Å².